The summed E-state index contributed by atoms with van der Waals surface area (Å²) in [5, 5.41) is 0. The maximum absolute atomic E-state index is 11.2. The molecule has 0 N–H and O–H groups in total. The van der Waals surface area contributed by atoms with Gasteiger partial charge in [-0.1, -0.05) is 148 Å². The number of carbonyl (C=O) groups is 1. The molecule has 0 aliphatic carbocycles. The Morgan fingerprint density at radius 2 is 0.824 bits per heavy atom. The van der Waals surface area contributed by atoms with Gasteiger partial charge in [0.2, 0.25) is 0 Å². The van der Waals surface area contributed by atoms with Crippen molar-refractivity contribution in [1.82, 2.24) is 0 Å². The average molecular weight is 483 g/mol. The third-order valence-corrected chi connectivity index (χ3v) is 7.35. The van der Waals surface area contributed by atoms with E-state index in [0.29, 0.717) is 12.5 Å². The van der Waals surface area contributed by atoms with Crippen molar-refractivity contribution in [2.24, 2.45) is 0 Å². The van der Waals surface area contributed by atoms with Gasteiger partial charge in [0.1, 0.15) is 0 Å². The van der Waals surface area contributed by atoms with Gasteiger partial charge >= 0.3 is 5.97 Å². The molecule has 0 aromatic carbocycles. The van der Waals surface area contributed by atoms with Crippen LogP contribution in [0.5, 0.6) is 0 Å². The molecule has 0 aromatic rings. The normalized spacial score (nSPS) is 12.2. The molecular formula is C31H62O3. The number of esters is 1. The Morgan fingerprint density at radius 3 is 1.15 bits per heavy atom. The van der Waals surface area contributed by atoms with E-state index >= 15 is 0 Å². The van der Waals surface area contributed by atoms with Crippen molar-refractivity contribution in [3.8, 4) is 0 Å². The second kappa shape index (κ2) is 28.7. The van der Waals surface area contributed by atoms with E-state index in [0.717, 1.165) is 19.3 Å². The maximum atomic E-state index is 11.2. The molecular weight excluding hydrogens is 420 g/mol. The monoisotopic (exact) mass is 482 g/mol. The Hall–Kier alpha value is -0.570. The summed E-state index contributed by atoms with van der Waals surface area (Å²) in [5.41, 5.74) is 0. The molecule has 0 rings (SSSR count). The largest absolute Gasteiger partial charge is 0.469 e. The van der Waals surface area contributed by atoms with Crippen molar-refractivity contribution in [2.45, 2.75) is 180 Å². The summed E-state index contributed by atoms with van der Waals surface area (Å²) >= 11 is 0. The van der Waals surface area contributed by atoms with Crippen LogP contribution in [0.2, 0.25) is 0 Å². The van der Waals surface area contributed by atoms with Crippen molar-refractivity contribution < 1.29 is 14.3 Å². The summed E-state index contributed by atoms with van der Waals surface area (Å²) in [4.78, 5) is 11.2. The Bertz CT molecular complexity index is 396. The summed E-state index contributed by atoms with van der Waals surface area (Å²) in [6.45, 7) is 2.30. The van der Waals surface area contributed by atoms with Gasteiger partial charge < -0.3 is 9.47 Å². The standard InChI is InChI=1S/C31H62O3/c1-4-5-6-7-8-9-10-11-12-13-14-15-16-17-18-19-20-21-22-23-24-25-27-30(33-2)28-26-29-31(32)34-3/h30H,4-29H2,1-3H3/t30-/m1/s1. The zero-order chi connectivity index (χ0) is 25.0. The van der Waals surface area contributed by atoms with Crippen molar-refractivity contribution in [3.05, 3.63) is 0 Å². The van der Waals surface area contributed by atoms with E-state index in [2.05, 4.69) is 6.92 Å². The molecule has 0 radical (unpaired) electrons. The second-order valence-electron chi connectivity index (χ2n) is 10.5. The fraction of sp³-hybridized carbons (Fsp3) is 0.968. The molecule has 0 aromatic heterocycles. The van der Waals surface area contributed by atoms with Crippen molar-refractivity contribution in [3.63, 3.8) is 0 Å². The van der Waals surface area contributed by atoms with E-state index in [9.17, 15) is 4.79 Å². The first kappa shape index (κ1) is 33.4. The van der Waals surface area contributed by atoms with Crippen molar-refractivity contribution in [1.29, 1.82) is 0 Å². The van der Waals surface area contributed by atoms with E-state index < -0.39 is 0 Å². The van der Waals surface area contributed by atoms with Crippen LogP contribution in [0.4, 0.5) is 0 Å². The molecule has 0 fully saturated rings. The number of rotatable bonds is 28. The quantitative estimate of drug-likeness (QED) is 0.0821. The lowest BCUT2D eigenvalue weighted by Crippen LogP contribution is -2.11. The molecule has 0 aliphatic heterocycles. The van der Waals surface area contributed by atoms with Crippen LogP contribution < -0.4 is 0 Å². The fourth-order valence-corrected chi connectivity index (χ4v) is 4.94. The minimum absolute atomic E-state index is 0.112. The van der Waals surface area contributed by atoms with E-state index in [1.54, 1.807) is 7.11 Å². The van der Waals surface area contributed by atoms with Gasteiger partial charge in [-0.3, -0.25) is 4.79 Å². The molecule has 0 saturated heterocycles. The predicted octanol–water partition coefficient (Wildman–Crippen LogP) is 10.3. The molecule has 0 heterocycles. The minimum Gasteiger partial charge on any atom is -0.469 e. The third-order valence-electron chi connectivity index (χ3n) is 7.35. The highest BCUT2D eigenvalue weighted by Crippen LogP contribution is 2.17. The minimum atomic E-state index is -0.112. The summed E-state index contributed by atoms with van der Waals surface area (Å²) < 4.78 is 10.3. The summed E-state index contributed by atoms with van der Waals surface area (Å²) in [7, 11) is 3.25. The molecule has 204 valence electrons. The van der Waals surface area contributed by atoms with Gasteiger partial charge in [-0.05, 0) is 19.3 Å². The molecule has 0 aliphatic rings. The summed E-state index contributed by atoms with van der Waals surface area (Å²) in [5.74, 6) is -0.112. The smallest absolute Gasteiger partial charge is 0.305 e. The molecule has 0 amide bonds. The highest BCUT2D eigenvalue weighted by molar-refractivity contribution is 5.68. The van der Waals surface area contributed by atoms with Crippen LogP contribution >= 0.6 is 0 Å². The number of unbranched alkanes of at least 4 members (excludes halogenated alkanes) is 21. The van der Waals surface area contributed by atoms with Gasteiger partial charge in [0.25, 0.3) is 0 Å². The van der Waals surface area contributed by atoms with Gasteiger partial charge in [-0.2, -0.15) is 0 Å². The highest BCUT2D eigenvalue weighted by atomic mass is 16.5. The SMILES string of the molecule is CCCCCCCCCCCCCCCCCCCCCCCC[C@H](CCCC(=O)OC)OC. The van der Waals surface area contributed by atoms with Crippen LogP contribution in [0.3, 0.4) is 0 Å². The molecule has 0 spiro atoms. The Kier molecular flexibility index (Phi) is 28.2. The van der Waals surface area contributed by atoms with E-state index in [-0.39, 0.29) is 5.97 Å². The van der Waals surface area contributed by atoms with Gasteiger partial charge in [-0.15, -0.1) is 0 Å². The van der Waals surface area contributed by atoms with Crippen molar-refractivity contribution >= 4 is 5.97 Å². The molecule has 0 saturated carbocycles. The molecule has 0 bridgehead atoms. The first-order chi connectivity index (χ1) is 16.7. The lowest BCUT2D eigenvalue weighted by Gasteiger charge is -2.14. The average Bonchev–Trinajstić information content (AvgIpc) is 2.85. The lowest BCUT2D eigenvalue weighted by molar-refractivity contribution is -0.140. The first-order valence-corrected chi connectivity index (χ1v) is 15.3. The van der Waals surface area contributed by atoms with Gasteiger partial charge in [0.05, 0.1) is 13.2 Å². The van der Waals surface area contributed by atoms with Crippen LogP contribution in [0.25, 0.3) is 0 Å². The van der Waals surface area contributed by atoms with E-state index in [1.807, 2.05) is 0 Å². The summed E-state index contributed by atoms with van der Waals surface area (Å²) in [6.07, 6.45) is 35.1. The molecule has 0 unspecified atom stereocenters. The van der Waals surface area contributed by atoms with E-state index in [1.165, 1.54) is 148 Å². The maximum Gasteiger partial charge on any atom is 0.305 e. The summed E-state index contributed by atoms with van der Waals surface area (Å²) in [6, 6.07) is 0. The number of hydrogen-bond donors (Lipinski definition) is 0. The number of hydrogen-bond acceptors (Lipinski definition) is 3. The van der Waals surface area contributed by atoms with Gasteiger partial charge in [0.15, 0.2) is 0 Å². The Labute approximate surface area is 214 Å². The number of ether oxygens (including phenoxy) is 2. The van der Waals surface area contributed by atoms with Crippen LogP contribution in [0.15, 0.2) is 0 Å². The topological polar surface area (TPSA) is 35.5 Å². The Morgan fingerprint density at radius 1 is 0.500 bits per heavy atom. The number of methoxy groups -OCH3 is 2. The third kappa shape index (κ3) is 26.0. The van der Waals surface area contributed by atoms with E-state index in [4.69, 9.17) is 9.47 Å². The molecule has 34 heavy (non-hydrogen) atoms. The van der Waals surface area contributed by atoms with Gasteiger partial charge in [-0.25, -0.2) is 0 Å². The fourth-order valence-electron chi connectivity index (χ4n) is 4.94. The molecule has 1 atom stereocenters. The van der Waals surface area contributed by atoms with Crippen LogP contribution in [0.1, 0.15) is 174 Å². The Balaban J connectivity index is 3.19. The number of carbonyl (C=O) groups excluding carboxylic acids is 1. The zero-order valence-electron chi connectivity index (χ0n) is 23.7. The predicted molar refractivity (Wildman–Crippen MR) is 149 cm³/mol. The van der Waals surface area contributed by atoms with Gasteiger partial charge in [0, 0.05) is 13.5 Å². The van der Waals surface area contributed by atoms with Crippen LogP contribution in [-0.4, -0.2) is 26.3 Å². The van der Waals surface area contributed by atoms with Crippen molar-refractivity contribution in [2.75, 3.05) is 14.2 Å². The van der Waals surface area contributed by atoms with Crippen LogP contribution in [0, 0.1) is 0 Å². The lowest BCUT2D eigenvalue weighted by atomic mass is 10.0. The molecule has 3 nitrogen and oxygen atoms in total. The molecule has 3 heteroatoms. The highest BCUT2D eigenvalue weighted by Gasteiger charge is 2.09. The zero-order valence-corrected chi connectivity index (χ0v) is 23.7. The first-order valence-electron chi connectivity index (χ1n) is 15.3. The van der Waals surface area contributed by atoms with Crippen LogP contribution in [-0.2, 0) is 14.3 Å². The second-order valence-corrected chi connectivity index (χ2v) is 10.5.